The van der Waals surface area contributed by atoms with Crippen LogP contribution in [-0.2, 0) is 0 Å². The Kier molecular flexibility index (Phi) is 5.57. The minimum atomic E-state index is -0.00592. The molecule has 1 atom stereocenters. The van der Waals surface area contributed by atoms with E-state index < -0.39 is 0 Å². The summed E-state index contributed by atoms with van der Waals surface area (Å²) in [5, 5.41) is 12.6. The average molecular weight is 341 g/mol. The van der Waals surface area contributed by atoms with Gasteiger partial charge in [-0.25, -0.2) is 0 Å². The van der Waals surface area contributed by atoms with Crippen LogP contribution in [0.5, 0.6) is 0 Å². The van der Waals surface area contributed by atoms with Crippen LogP contribution in [0.3, 0.4) is 0 Å². The van der Waals surface area contributed by atoms with Crippen molar-refractivity contribution < 1.29 is 9.90 Å². The second-order valence-corrected chi connectivity index (χ2v) is 6.14. The number of carbonyl (C=O) groups excluding carboxylic acids is 1. The largest absolute Gasteiger partial charge is 0.395 e. The highest BCUT2D eigenvalue weighted by Gasteiger charge is 2.23. The number of amides is 1. The van der Waals surface area contributed by atoms with Gasteiger partial charge in [0.1, 0.15) is 0 Å². The lowest BCUT2D eigenvalue weighted by atomic mass is 10.1. The SMILES string of the molecule is Cc1cc(Br)ccc1C(=O)N(CCO)CC1CCCN1. The van der Waals surface area contributed by atoms with Gasteiger partial charge < -0.3 is 15.3 Å². The number of aliphatic hydroxyl groups is 1. The van der Waals surface area contributed by atoms with Crippen LogP contribution in [0, 0.1) is 6.92 Å². The number of hydrogen-bond acceptors (Lipinski definition) is 3. The molecular weight excluding hydrogens is 320 g/mol. The van der Waals surface area contributed by atoms with E-state index in [0.29, 0.717) is 24.7 Å². The number of nitrogens with one attached hydrogen (secondary N) is 1. The topological polar surface area (TPSA) is 52.6 Å². The van der Waals surface area contributed by atoms with Crippen molar-refractivity contribution in [1.82, 2.24) is 10.2 Å². The van der Waals surface area contributed by atoms with E-state index in [2.05, 4.69) is 21.2 Å². The van der Waals surface area contributed by atoms with Crippen molar-refractivity contribution in [1.29, 1.82) is 0 Å². The molecule has 2 N–H and O–H groups in total. The molecule has 1 aliphatic rings. The van der Waals surface area contributed by atoms with E-state index in [0.717, 1.165) is 29.4 Å². The van der Waals surface area contributed by atoms with E-state index in [1.165, 1.54) is 0 Å². The molecule has 0 radical (unpaired) electrons. The van der Waals surface area contributed by atoms with Crippen LogP contribution in [0.15, 0.2) is 22.7 Å². The molecule has 0 spiro atoms. The van der Waals surface area contributed by atoms with Gasteiger partial charge in [-0.3, -0.25) is 4.79 Å². The summed E-state index contributed by atoms with van der Waals surface area (Å²) in [6, 6.07) is 6.01. The van der Waals surface area contributed by atoms with E-state index in [1.54, 1.807) is 4.90 Å². The predicted octanol–water partition coefficient (Wildman–Crippen LogP) is 1.94. The summed E-state index contributed by atoms with van der Waals surface area (Å²) in [5.41, 5.74) is 1.66. The summed E-state index contributed by atoms with van der Waals surface area (Å²) in [5.74, 6) is -0.00208. The van der Waals surface area contributed by atoms with Gasteiger partial charge in [0, 0.05) is 29.2 Å². The first-order valence-corrected chi connectivity index (χ1v) is 7.81. The van der Waals surface area contributed by atoms with E-state index in [1.807, 2.05) is 25.1 Å². The van der Waals surface area contributed by atoms with Crippen LogP contribution in [0.4, 0.5) is 0 Å². The zero-order chi connectivity index (χ0) is 14.5. The highest BCUT2D eigenvalue weighted by Crippen LogP contribution is 2.18. The predicted molar refractivity (Wildman–Crippen MR) is 82.9 cm³/mol. The number of hydrogen-bond donors (Lipinski definition) is 2. The molecule has 0 bridgehead atoms. The van der Waals surface area contributed by atoms with Crippen molar-refractivity contribution in [3.05, 3.63) is 33.8 Å². The minimum Gasteiger partial charge on any atom is -0.395 e. The Balaban J connectivity index is 2.12. The highest BCUT2D eigenvalue weighted by atomic mass is 79.9. The smallest absolute Gasteiger partial charge is 0.254 e. The first-order valence-electron chi connectivity index (χ1n) is 7.01. The maximum Gasteiger partial charge on any atom is 0.254 e. The lowest BCUT2D eigenvalue weighted by Crippen LogP contribution is -2.42. The molecule has 0 aromatic heterocycles. The Labute approximate surface area is 128 Å². The summed E-state index contributed by atoms with van der Waals surface area (Å²) in [4.78, 5) is 14.4. The van der Waals surface area contributed by atoms with E-state index >= 15 is 0 Å². The molecule has 110 valence electrons. The lowest BCUT2D eigenvalue weighted by molar-refractivity contribution is 0.0706. The van der Waals surface area contributed by atoms with Crippen LogP contribution >= 0.6 is 15.9 Å². The second kappa shape index (κ2) is 7.20. The highest BCUT2D eigenvalue weighted by molar-refractivity contribution is 9.10. The van der Waals surface area contributed by atoms with Crippen molar-refractivity contribution in [2.45, 2.75) is 25.8 Å². The van der Waals surface area contributed by atoms with Gasteiger partial charge in [-0.15, -0.1) is 0 Å². The van der Waals surface area contributed by atoms with Gasteiger partial charge in [0.05, 0.1) is 6.61 Å². The Morgan fingerprint density at radius 1 is 1.55 bits per heavy atom. The number of aliphatic hydroxyl groups excluding tert-OH is 1. The Morgan fingerprint density at radius 2 is 2.35 bits per heavy atom. The number of halogens is 1. The van der Waals surface area contributed by atoms with Gasteiger partial charge in [0.2, 0.25) is 0 Å². The molecule has 1 heterocycles. The number of benzene rings is 1. The van der Waals surface area contributed by atoms with E-state index in [-0.39, 0.29) is 12.5 Å². The Bertz CT molecular complexity index is 473. The molecule has 1 saturated heterocycles. The van der Waals surface area contributed by atoms with E-state index in [9.17, 15) is 9.90 Å². The van der Waals surface area contributed by atoms with Crippen LogP contribution in [-0.4, -0.2) is 48.2 Å². The summed E-state index contributed by atoms with van der Waals surface area (Å²) in [7, 11) is 0. The van der Waals surface area contributed by atoms with Crippen LogP contribution in [0.2, 0.25) is 0 Å². The maximum atomic E-state index is 12.6. The first kappa shape index (κ1) is 15.5. The van der Waals surface area contributed by atoms with Gasteiger partial charge in [0.15, 0.2) is 0 Å². The third-order valence-corrected chi connectivity index (χ3v) is 4.17. The van der Waals surface area contributed by atoms with E-state index in [4.69, 9.17) is 0 Å². The molecule has 1 unspecified atom stereocenters. The third-order valence-electron chi connectivity index (χ3n) is 3.68. The summed E-state index contributed by atoms with van der Waals surface area (Å²) in [6.45, 7) is 3.99. The first-order chi connectivity index (χ1) is 9.61. The van der Waals surface area contributed by atoms with Crippen LogP contribution in [0.1, 0.15) is 28.8 Å². The molecule has 0 aliphatic carbocycles. The quantitative estimate of drug-likeness (QED) is 0.861. The molecule has 20 heavy (non-hydrogen) atoms. The van der Waals surface area contributed by atoms with Crippen molar-refractivity contribution in [3.63, 3.8) is 0 Å². The van der Waals surface area contributed by atoms with Crippen LogP contribution < -0.4 is 5.32 Å². The van der Waals surface area contributed by atoms with Gasteiger partial charge in [0.25, 0.3) is 5.91 Å². The molecule has 1 aromatic carbocycles. The molecule has 0 saturated carbocycles. The maximum absolute atomic E-state index is 12.6. The lowest BCUT2D eigenvalue weighted by Gasteiger charge is -2.26. The molecule has 1 fully saturated rings. The number of carbonyl (C=O) groups is 1. The van der Waals surface area contributed by atoms with Crippen molar-refractivity contribution in [2.24, 2.45) is 0 Å². The minimum absolute atomic E-state index is 0.00208. The average Bonchev–Trinajstić information content (AvgIpc) is 2.90. The zero-order valence-electron chi connectivity index (χ0n) is 11.7. The third kappa shape index (κ3) is 3.81. The fraction of sp³-hybridized carbons (Fsp3) is 0.533. The molecule has 1 aromatic rings. The molecule has 5 heteroatoms. The molecule has 2 rings (SSSR count). The molecule has 1 aliphatic heterocycles. The summed E-state index contributed by atoms with van der Waals surface area (Å²) >= 11 is 3.41. The molecular formula is C15H21BrN2O2. The second-order valence-electron chi connectivity index (χ2n) is 5.23. The Hall–Kier alpha value is -0.910. The fourth-order valence-electron chi connectivity index (χ4n) is 2.61. The summed E-state index contributed by atoms with van der Waals surface area (Å²) in [6.07, 6.45) is 2.25. The van der Waals surface area contributed by atoms with Gasteiger partial charge >= 0.3 is 0 Å². The van der Waals surface area contributed by atoms with Crippen molar-refractivity contribution >= 4 is 21.8 Å². The number of aryl methyl sites for hydroxylation is 1. The molecule has 4 nitrogen and oxygen atoms in total. The van der Waals surface area contributed by atoms with Crippen molar-refractivity contribution in [2.75, 3.05) is 26.2 Å². The molecule has 1 amide bonds. The zero-order valence-corrected chi connectivity index (χ0v) is 13.3. The monoisotopic (exact) mass is 340 g/mol. The number of nitrogens with zero attached hydrogens (tertiary/aromatic N) is 1. The number of rotatable bonds is 5. The van der Waals surface area contributed by atoms with Gasteiger partial charge in [-0.2, -0.15) is 0 Å². The summed E-state index contributed by atoms with van der Waals surface area (Å²) < 4.78 is 0.970. The Morgan fingerprint density at radius 3 is 2.95 bits per heavy atom. The fourth-order valence-corrected chi connectivity index (χ4v) is 3.09. The van der Waals surface area contributed by atoms with Gasteiger partial charge in [-0.05, 0) is 50.1 Å². The normalized spacial score (nSPS) is 18.2. The van der Waals surface area contributed by atoms with Crippen molar-refractivity contribution in [3.8, 4) is 0 Å². The van der Waals surface area contributed by atoms with Crippen LogP contribution in [0.25, 0.3) is 0 Å². The standard InChI is InChI=1S/C15H21BrN2O2/c1-11-9-12(16)4-5-14(11)15(20)18(7-8-19)10-13-3-2-6-17-13/h4-5,9,13,17,19H,2-3,6-8,10H2,1H3. The van der Waals surface area contributed by atoms with Gasteiger partial charge in [-0.1, -0.05) is 15.9 Å².